The molecule has 1 aromatic carbocycles. The summed E-state index contributed by atoms with van der Waals surface area (Å²) in [6.45, 7) is 9.73. The zero-order chi connectivity index (χ0) is 17.3. The minimum atomic E-state index is -3.34. The molecule has 0 radical (unpaired) electrons. The second-order valence-electron chi connectivity index (χ2n) is 7.10. The van der Waals surface area contributed by atoms with Crippen molar-refractivity contribution in [1.82, 2.24) is 10.2 Å². The van der Waals surface area contributed by atoms with Crippen LogP contribution in [0.2, 0.25) is 0 Å². The van der Waals surface area contributed by atoms with Crippen LogP contribution >= 0.6 is 0 Å². The highest BCUT2D eigenvalue weighted by atomic mass is 32.2. The van der Waals surface area contributed by atoms with Gasteiger partial charge in [-0.15, -0.1) is 0 Å². The second-order valence-corrected chi connectivity index (χ2v) is 9.21. The van der Waals surface area contributed by atoms with Gasteiger partial charge in [-0.25, -0.2) is 8.42 Å². The molecule has 1 fully saturated rings. The fourth-order valence-corrected chi connectivity index (χ4v) is 3.91. The van der Waals surface area contributed by atoms with E-state index in [0.717, 1.165) is 5.56 Å². The maximum atomic E-state index is 12.5. The molecule has 1 aliphatic rings. The van der Waals surface area contributed by atoms with Gasteiger partial charge in [0.2, 0.25) is 5.91 Å². The van der Waals surface area contributed by atoms with Gasteiger partial charge in [0.05, 0.1) is 16.7 Å². The van der Waals surface area contributed by atoms with Crippen molar-refractivity contribution in [1.29, 1.82) is 0 Å². The van der Waals surface area contributed by atoms with Gasteiger partial charge in [0, 0.05) is 19.6 Å². The van der Waals surface area contributed by atoms with Crippen molar-refractivity contribution in [3.05, 3.63) is 29.8 Å². The molecule has 1 amide bonds. The molecule has 1 aromatic rings. The van der Waals surface area contributed by atoms with Crippen LogP contribution in [0.1, 0.15) is 33.3 Å². The van der Waals surface area contributed by atoms with E-state index in [0.29, 0.717) is 24.5 Å². The van der Waals surface area contributed by atoms with E-state index in [1.807, 2.05) is 17.0 Å². The molecule has 5 nitrogen and oxygen atoms in total. The SMILES string of the molecule is C[C@H]1C(=O)NCCN1CCS(=O)(=O)c1ccc(C(C)(C)C)cc1. The summed E-state index contributed by atoms with van der Waals surface area (Å²) < 4.78 is 25.0. The largest absolute Gasteiger partial charge is 0.353 e. The van der Waals surface area contributed by atoms with Crippen molar-refractivity contribution in [2.75, 3.05) is 25.4 Å². The lowest BCUT2D eigenvalue weighted by Crippen LogP contribution is -2.54. The van der Waals surface area contributed by atoms with Crippen molar-refractivity contribution in [2.45, 2.75) is 44.0 Å². The van der Waals surface area contributed by atoms with E-state index in [-0.39, 0.29) is 23.1 Å². The summed E-state index contributed by atoms with van der Waals surface area (Å²) in [6.07, 6.45) is 0. The van der Waals surface area contributed by atoms with Gasteiger partial charge in [0.1, 0.15) is 0 Å². The van der Waals surface area contributed by atoms with Crippen molar-refractivity contribution >= 4 is 15.7 Å². The first-order chi connectivity index (χ1) is 10.6. The molecule has 1 heterocycles. The lowest BCUT2D eigenvalue weighted by atomic mass is 9.87. The van der Waals surface area contributed by atoms with Gasteiger partial charge >= 0.3 is 0 Å². The Morgan fingerprint density at radius 2 is 1.83 bits per heavy atom. The van der Waals surface area contributed by atoms with E-state index in [1.54, 1.807) is 19.1 Å². The van der Waals surface area contributed by atoms with E-state index in [9.17, 15) is 13.2 Å². The third-order valence-electron chi connectivity index (χ3n) is 4.35. The van der Waals surface area contributed by atoms with E-state index >= 15 is 0 Å². The number of nitrogens with zero attached hydrogens (tertiary/aromatic N) is 1. The number of sulfone groups is 1. The predicted octanol–water partition coefficient (Wildman–Crippen LogP) is 1.58. The first-order valence-electron chi connectivity index (χ1n) is 7.96. The van der Waals surface area contributed by atoms with E-state index in [4.69, 9.17) is 0 Å². The molecule has 1 aliphatic heterocycles. The molecule has 6 heteroatoms. The number of carbonyl (C=O) groups is 1. The standard InChI is InChI=1S/C17H26N2O3S/c1-13-16(20)18-9-10-19(13)11-12-23(21,22)15-7-5-14(6-8-15)17(2,3)4/h5-8,13H,9-12H2,1-4H3,(H,18,20)/t13-/m0/s1. The molecule has 0 saturated carbocycles. The van der Waals surface area contributed by atoms with Crippen LogP contribution in [-0.4, -0.2) is 50.7 Å². The zero-order valence-electron chi connectivity index (χ0n) is 14.3. The zero-order valence-corrected chi connectivity index (χ0v) is 15.1. The number of hydrogen-bond acceptors (Lipinski definition) is 4. The highest BCUT2D eigenvalue weighted by Crippen LogP contribution is 2.23. The molecule has 23 heavy (non-hydrogen) atoms. The van der Waals surface area contributed by atoms with E-state index in [1.165, 1.54) is 0 Å². The van der Waals surface area contributed by atoms with Crippen molar-refractivity contribution in [3.63, 3.8) is 0 Å². The third kappa shape index (κ3) is 4.32. The van der Waals surface area contributed by atoms with Gasteiger partial charge in [-0.05, 0) is 30.0 Å². The highest BCUT2D eigenvalue weighted by molar-refractivity contribution is 7.91. The van der Waals surface area contributed by atoms with Gasteiger partial charge in [0.15, 0.2) is 9.84 Å². The Morgan fingerprint density at radius 1 is 1.22 bits per heavy atom. The molecule has 0 aromatic heterocycles. The van der Waals surface area contributed by atoms with Crippen LogP contribution in [0.15, 0.2) is 29.2 Å². The fourth-order valence-electron chi connectivity index (χ4n) is 2.65. The number of amides is 1. The average Bonchev–Trinajstić information content (AvgIpc) is 2.48. The molecule has 0 aliphatic carbocycles. The summed E-state index contributed by atoms with van der Waals surface area (Å²) >= 11 is 0. The van der Waals surface area contributed by atoms with Crippen LogP contribution in [0.5, 0.6) is 0 Å². The Balaban J connectivity index is 2.05. The fraction of sp³-hybridized carbons (Fsp3) is 0.588. The number of benzene rings is 1. The van der Waals surface area contributed by atoms with Crippen molar-refractivity contribution < 1.29 is 13.2 Å². The Labute approximate surface area is 139 Å². The molecule has 0 bridgehead atoms. The van der Waals surface area contributed by atoms with Crippen molar-refractivity contribution in [3.8, 4) is 0 Å². The van der Waals surface area contributed by atoms with Gasteiger partial charge in [-0.3, -0.25) is 9.69 Å². The lowest BCUT2D eigenvalue weighted by Gasteiger charge is -2.32. The summed E-state index contributed by atoms with van der Waals surface area (Å²) in [5, 5.41) is 2.78. The predicted molar refractivity (Wildman–Crippen MR) is 91.2 cm³/mol. The molecule has 1 atom stereocenters. The summed E-state index contributed by atoms with van der Waals surface area (Å²) in [7, 11) is -3.34. The third-order valence-corrected chi connectivity index (χ3v) is 6.06. The number of piperazine rings is 1. The van der Waals surface area contributed by atoms with Crippen LogP contribution in [0.3, 0.4) is 0 Å². The first-order valence-corrected chi connectivity index (χ1v) is 9.61. The van der Waals surface area contributed by atoms with E-state index in [2.05, 4.69) is 26.1 Å². The molecule has 2 rings (SSSR count). The van der Waals surface area contributed by atoms with Gasteiger partial charge in [-0.2, -0.15) is 0 Å². The quantitative estimate of drug-likeness (QED) is 0.905. The highest BCUT2D eigenvalue weighted by Gasteiger charge is 2.27. The average molecular weight is 338 g/mol. The summed E-state index contributed by atoms with van der Waals surface area (Å²) in [5.41, 5.74) is 1.11. The summed E-state index contributed by atoms with van der Waals surface area (Å²) in [5.74, 6) is -0.0115. The number of rotatable bonds is 4. The molecule has 128 valence electrons. The van der Waals surface area contributed by atoms with Crippen LogP contribution in [0, 0.1) is 0 Å². The molecule has 1 saturated heterocycles. The maximum Gasteiger partial charge on any atom is 0.237 e. The lowest BCUT2D eigenvalue weighted by molar-refractivity contribution is -0.128. The Kier molecular flexibility index (Phi) is 5.16. The number of hydrogen-bond donors (Lipinski definition) is 1. The Hall–Kier alpha value is -1.40. The summed E-state index contributed by atoms with van der Waals surface area (Å²) in [4.78, 5) is 13.9. The molecule has 1 N–H and O–H groups in total. The summed E-state index contributed by atoms with van der Waals surface area (Å²) in [6, 6.07) is 6.85. The number of carbonyl (C=O) groups excluding carboxylic acids is 1. The smallest absolute Gasteiger partial charge is 0.237 e. The topological polar surface area (TPSA) is 66.5 Å². The Morgan fingerprint density at radius 3 is 2.39 bits per heavy atom. The normalized spacial score (nSPS) is 20.3. The molecule has 0 unspecified atom stereocenters. The van der Waals surface area contributed by atoms with Gasteiger partial charge in [-0.1, -0.05) is 32.9 Å². The molecule has 0 spiro atoms. The maximum absolute atomic E-state index is 12.5. The molecular weight excluding hydrogens is 312 g/mol. The van der Waals surface area contributed by atoms with Gasteiger partial charge in [0.25, 0.3) is 0 Å². The number of nitrogens with one attached hydrogen (secondary N) is 1. The minimum absolute atomic E-state index is 0.00110. The van der Waals surface area contributed by atoms with Crippen LogP contribution in [-0.2, 0) is 20.0 Å². The van der Waals surface area contributed by atoms with Crippen LogP contribution in [0.4, 0.5) is 0 Å². The minimum Gasteiger partial charge on any atom is -0.353 e. The second kappa shape index (κ2) is 6.61. The van der Waals surface area contributed by atoms with Crippen LogP contribution in [0.25, 0.3) is 0 Å². The Bertz CT molecular complexity index is 660. The van der Waals surface area contributed by atoms with Crippen LogP contribution < -0.4 is 5.32 Å². The van der Waals surface area contributed by atoms with E-state index < -0.39 is 9.84 Å². The van der Waals surface area contributed by atoms with Crippen molar-refractivity contribution in [2.24, 2.45) is 0 Å². The van der Waals surface area contributed by atoms with Gasteiger partial charge < -0.3 is 5.32 Å². The first kappa shape index (κ1) is 17.9. The monoisotopic (exact) mass is 338 g/mol. The molecular formula is C17H26N2O3S.